The van der Waals surface area contributed by atoms with Crippen molar-refractivity contribution in [2.45, 2.75) is 26.8 Å². The molecule has 0 radical (unpaired) electrons. The van der Waals surface area contributed by atoms with Crippen LogP contribution in [0.2, 0.25) is 0 Å². The fourth-order valence-corrected chi connectivity index (χ4v) is 2.88. The van der Waals surface area contributed by atoms with E-state index in [-0.39, 0.29) is 18.4 Å². The lowest BCUT2D eigenvalue weighted by atomic mass is 10.1. The lowest BCUT2D eigenvalue weighted by Gasteiger charge is -2.21. The summed E-state index contributed by atoms with van der Waals surface area (Å²) in [5.74, 6) is 0.993. The maximum atomic E-state index is 12.3. The number of rotatable bonds is 9. The number of aryl methyl sites for hydroxylation is 1. The molecule has 0 spiro atoms. The summed E-state index contributed by atoms with van der Waals surface area (Å²) in [6, 6.07) is 13.5. The molecule has 2 rings (SSSR count). The van der Waals surface area contributed by atoms with E-state index < -0.39 is 0 Å². The lowest BCUT2D eigenvalue weighted by Crippen LogP contribution is -2.40. The molecule has 28 heavy (non-hydrogen) atoms. The van der Waals surface area contributed by atoms with Gasteiger partial charge in [0, 0.05) is 20.0 Å². The van der Waals surface area contributed by atoms with E-state index in [1.54, 1.807) is 19.1 Å². The Morgan fingerprint density at radius 2 is 1.75 bits per heavy atom. The normalized spacial score (nSPS) is 10.3. The van der Waals surface area contributed by atoms with Crippen LogP contribution in [0.25, 0.3) is 0 Å². The molecule has 6 nitrogen and oxygen atoms in total. The minimum atomic E-state index is -0.175. The van der Waals surface area contributed by atoms with Crippen molar-refractivity contribution in [1.82, 2.24) is 10.2 Å². The van der Waals surface area contributed by atoms with E-state index in [0.717, 1.165) is 16.7 Å². The van der Waals surface area contributed by atoms with Crippen molar-refractivity contribution < 1.29 is 19.1 Å². The average Bonchev–Trinajstić information content (AvgIpc) is 2.69. The predicted molar refractivity (Wildman–Crippen MR) is 109 cm³/mol. The molecular weight excluding hydrogens is 356 g/mol. The Kier molecular flexibility index (Phi) is 7.87. The number of methoxy groups -OCH3 is 2. The first-order chi connectivity index (χ1) is 13.4. The van der Waals surface area contributed by atoms with Crippen molar-refractivity contribution in [3.8, 4) is 11.5 Å². The molecule has 0 aromatic heterocycles. The first-order valence-corrected chi connectivity index (χ1v) is 9.22. The Morgan fingerprint density at radius 1 is 1.04 bits per heavy atom. The molecule has 2 amide bonds. The number of benzene rings is 2. The van der Waals surface area contributed by atoms with Gasteiger partial charge in [0.05, 0.1) is 20.8 Å². The van der Waals surface area contributed by atoms with Crippen molar-refractivity contribution in [2.75, 3.05) is 27.3 Å². The van der Waals surface area contributed by atoms with Crippen LogP contribution in [0.3, 0.4) is 0 Å². The largest absolute Gasteiger partial charge is 0.493 e. The van der Waals surface area contributed by atoms with Crippen LogP contribution >= 0.6 is 0 Å². The molecule has 2 aromatic rings. The summed E-state index contributed by atoms with van der Waals surface area (Å²) < 4.78 is 10.5. The number of ether oxygens (including phenoxy) is 2. The van der Waals surface area contributed by atoms with Gasteiger partial charge in [-0.05, 0) is 42.2 Å². The fourth-order valence-electron chi connectivity index (χ4n) is 2.88. The van der Waals surface area contributed by atoms with E-state index in [4.69, 9.17) is 9.47 Å². The van der Waals surface area contributed by atoms with Crippen LogP contribution in [0.4, 0.5) is 0 Å². The topological polar surface area (TPSA) is 67.9 Å². The Labute approximate surface area is 166 Å². The van der Waals surface area contributed by atoms with Crippen LogP contribution in [0, 0.1) is 6.92 Å². The van der Waals surface area contributed by atoms with Gasteiger partial charge in [-0.3, -0.25) is 9.59 Å². The Hall–Kier alpha value is -3.02. The lowest BCUT2D eigenvalue weighted by molar-refractivity contribution is -0.134. The molecule has 0 saturated heterocycles. The van der Waals surface area contributed by atoms with E-state index in [1.807, 2.05) is 49.4 Å². The zero-order chi connectivity index (χ0) is 20.5. The molecule has 1 N–H and O–H groups in total. The number of carbonyl (C=O) groups excluding carboxylic acids is 2. The van der Waals surface area contributed by atoms with Crippen molar-refractivity contribution in [1.29, 1.82) is 0 Å². The first-order valence-electron chi connectivity index (χ1n) is 9.22. The second-order valence-electron chi connectivity index (χ2n) is 6.58. The summed E-state index contributed by atoms with van der Waals surface area (Å²) in [6.07, 6.45) is 0.616. The minimum Gasteiger partial charge on any atom is -0.493 e. The van der Waals surface area contributed by atoms with E-state index >= 15 is 0 Å². The highest BCUT2D eigenvalue weighted by molar-refractivity contribution is 5.83. The van der Waals surface area contributed by atoms with Gasteiger partial charge >= 0.3 is 0 Å². The number of carbonyl (C=O) groups is 2. The highest BCUT2D eigenvalue weighted by atomic mass is 16.5. The fraction of sp³-hybridized carbons (Fsp3) is 0.364. The molecule has 2 aromatic carbocycles. The number of hydrogen-bond acceptors (Lipinski definition) is 4. The third-order valence-corrected chi connectivity index (χ3v) is 4.64. The van der Waals surface area contributed by atoms with Crippen molar-refractivity contribution >= 4 is 11.8 Å². The molecule has 0 aliphatic rings. The number of nitrogens with zero attached hydrogens (tertiary/aromatic N) is 1. The molecule has 0 fully saturated rings. The molecule has 0 aliphatic carbocycles. The standard InChI is InChI=1S/C22H28N2O4/c1-16-7-5-6-8-19(16)14-23-22(26)15-24(17(2)25)12-11-18-9-10-20(27-3)21(13-18)28-4/h5-10,13H,11-12,14-15H2,1-4H3,(H,23,26). The van der Waals surface area contributed by atoms with Gasteiger partial charge in [-0.15, -0.1) is 0 Å². The molecule has 0 aliphatic heterocycles. The van der Waals surface area contributed by atoms with Crippen LogP contribution in [0.5, 0.6) is 11.5 Å². The smallest absolute Gasteiger partial charge is 0.239 e. The van der Waals surface area contributed by atoms with Crippen LogP contribution in [0.15, 0.2) is 42.5 Å². The van der Waals surface area contributed by atoms with E-state index in [1.165, 1.54) is 6.92 Å². The second-order valence-corrected chi connectivity index (χ2v) is 6.58. The van der Waals surface area contributed by atoms with Crippen LogP contribution in [0.1, 0.15) is 23.6 Å². The summed E-state index contributed by atoms with van der Waals surface area (Å²) in [5, 5.41) is 2.89. The highest BCUT2D eigenvalue weighted by Gasteiger charge is 2.14. The molecule has 0 bridgehead atoms. The average molecular weight is 384 g/mol. The van der Waals surface area contributed by atoms with Gasteiger partial charge < -0.3 is 19.7 Å². The van der Waals surface area contributed by atoms with Gasteiger partial charge in [0.25, 0.3) is 0 Å². The van der Waals surface area contributed by atoms with Gasteiger partial charge in [0.2, 0.25) is 11.8 Å². The van der Waals surface area contributed by atoms with Gasteiger partial charge in [-0.1, -0.05) is 30.3 Å². The second kappa shape index (κ2) is 10.3. The molecule has 0 unspecified atom stereocenters. The Balaban J connectivity index is 1.91. The summed E-state index contributed by atoms with van der Waals surface area (Å²) in [6.45, 7) is 4.42. The van der Waals surface area contributed by atoms with Gasteiger partial charge in [0.15, 0.2) is 11.5 Å². The Bertz CT molecular complexity index is 820. The maximum absolute atomic E-state index is 12.3. The monoisotopic (exact) mass is 384 g/mol. The predicted octanol–water partition coefficient (Wildman–Crippen LogP) is 2.72. The molecule has 0 saturated carbocycles. The van der Waals surface area contributed by atoms with E-state index in [0.29, 0.717) is 31.0 Å². The highest BCUT2D eigenvalue weighted by Crippen LogP contribution is 2.27. The third-order valence-electron chi connectivity index (χ3n) is 4.64. The summed E-state index contributed by atoms with van der Waals surface area (Å²) >= 11 is 0. The van der Waals surface area contributed by atoms with Crippen molar-refractivity contribution in [2.24, 2.45) is 0 Å². The van der Waals surface area contributed by atoms with Gasteiger partial charge in [0.1, 0.15) is 0 Å². The molecular formula is C22H28N2O4. The van der Waals surface area contributed by atoms with Crippen LogP contribution < -0.4 is 14.8 Å². The molecule has 0 heterocycles. The minimum absolute atomic E-state index is 0.0362. The number of nitrogens with one attached hydrogen (secondary N) is 1. The van der Waals surface area contributed by atoms with Gasteiger partial charge in [-0.25, -0.2) is 0 Å². The zero-order valence-electron chi connectivity index (χ0n) is 17.0. The maximum Gasteiger partial charge on any atom is 0.239 e. The molecule has 6 heteroatoms. The molecule has 150 valence electrons. The zero-order valence-corrected chi connectivity index (χ0v) is 17.0. The number of hydrogen-bond donors (Lipinski definition) is 1. The van der Waals surface area contributed by atoms with Gasteiger partial charge in [-0.2, -0.15) is 0 Å². The van der Waals surface area contributed by atoms with E-state index in [9.17, 15) is 9.59 Å². The van der Waals surface area contributed by atoms with Crippen LogP contribution in [-0.2, 0) is 22.6 Å². The summed E-state index contributed by atoms with van der Waals surface area (Å²) in [4.78, 5) is 25.8. The quantitative estimate of drug-likeness (QED) is 0.722. The SMILES string of the molecule is COc1ccc(CCN(CC(=O)NCc2ccccc2C)C(C)=O)cc1OC. The van der Waals surface area contributed by atoms with Crippen molar-refractivity contribution in [3.05, 3.63) is 59.2 Å². The van der Waals surface area contributed by atoms with Crippen molar-refractivity contribution in [3.63, 3.8) is 0 Å². The summed E-state index contributed by atoms with van der Waals surface area (Å²) in [7, 11) is 3.17. The molecule has 0 atom stereocenters. The van der Waals surface area contributed by atoms with E-state index in [2.05, 4.69) is 5.32 Å². The number of amides is 2. The summed E-state index contributed by atoms with van der Waals surface area (Å²) in [5.41, 5.74) is 3.19. The van der Waals surface area contributed by atoms with Crippen LogP contribution in [-0.4, -0.2) is 44.0 Å². The third kappa shape index (κ3) is 6.01. The first kappa shape index (κ1) is 21.3. The Morgan fingerprint density at radius 3 is 2.39 bits per heavy atom.